The first-order chi connectivity index (χ1) is 9.25. The van der Waals surface area contributed by atoms with E-state index in [-0.39, 0.29) is 11.8 Å². The van der Waals surface area contributed by atoms with Gasteiger partial charge in [-0.05, 0) is 51.1 Å². The molecule has 0 bridgehead atoms. The summed E-state index contributed by atoms with van der Waals surface area (Å²) in [5.74, 6) is 0.633. The molecule has 3 aliphatic heterocycles. The van der Waals surface area contributed by atoms with Crippen LogP contribution < -0.4 is 0 Å². The predicted octanol–water partition coefficient (Wildman–Crippen LogP) is 1.79. The van der Waals surface area contributed by atoms with Gasteiger partial charge in [-0.25, -0.2) is 0 Å². The Hall–Kier alpha value is -0.900. The van der Waals surface area contributed by atoms with Crippen LogP contribution in [0.5, 0.6) is 0 Å². The molecule has 2 amide bonds. The second-order valence-electron chi connectivity index (χ2n) is 6.25. The van der Waals surface area contributed by atoms with Gasteiger partial charge in [0.15, 0.2) is 0 Å². The van der Waals surface area contributed by atoms with Crippen molar-refractivity contribution in [3.8, 4) is 0 Å². The van der Waals surface area contributed by atoms with Gasteiger partial charge in [0.1, 0.15) is 0 Å². The summed E-state index contributed by atoms with van der Waals surface area (Å²) in [6.45, 7) is 3.10. The molecule has 4 nitrogen and oxygen atoms in total. The molecule has 3 fully saturated rings. The van der Waals surface area contributed by atoms with E-state index in [1.165, 1.54) is 45.2 Å². The number of piperidine rings is 3. The number of amides is 2. The molecule has 0 aromatic heterocycles. The van der Waals surface area contributed by atoms with Crippen molar-refractivity contribution in [2.75, 3.05) is 19.6 Å². The summed E-state index contributed by atoms with van der Waals surface area (Å²) in [5.41, 5.74) is 0. The molecule has 0 aliphatic carbocycles. The van der Waals surface area contributed by atoms with Crippen LogP contribution in [0.2, 0.25) is 0 Å². The highest BCUT2D eigenvalue weighted by atomic mass is 16.2. The lowest BCUT2D eigenvalue weighted by atomic mass is 9.83. The van der Waals surface area contributed by atoms with Crippen molar-refractivity contribution in [2.45, 2.75) is 57.4 Å². The minimum absolute atomic E-state index is 0.0594. The summed E-state index contributed by atoms with van der Waals surface area (Å²) in [4.78, 5) is 28.0. The summed E-state index contributed by atoms with van der Waals surface area (Å²) in [6.07, 6.45) is 8.13. The second-order valence-corrected chi connectivity index (χ2v) is 6.25. The van der Waals surface area contributed by atoms with E-state index in [9.17, 15) is 9.59 Å². The SMILES string of the molecule is O=C1CCCC(=O)N1C[C@H]1CCCN2CCCC[C@@H]12. The van der Waals surface area contributed by atoms with Crippen LogP contribution in [0.4, 0.5) is 0 Å². The van der Waals surface area contributed by atoms with Crippen LogP contribution in [-0.4, -0.2) is 47.3 Å². The van der Waals surface area contributed by atoms with Crippen molar-refractivity contribution in [2.24, 2.45) is 5.92 Å². The van der Waals surface area contributed by atoms with Gasteiger partial charge in [-0.1, -0.05) is 6.42 Å². The monoisotopic (exact) mass is 264 g/mol. The van der Waals surface area contributed by atoms with Gasteiger partial charge >= 0.3 is 0 Å². The smallest absolute Gasteiger partial charge is 0.229 e. The molecule has 0 N–H and O–H groups in total. The number of nitrogens with zero attached hydrogens (tertiary/aromatic N) is 2. The highest BCUT2D eigenvalue weighted by molar-refractivity contribution is 5.97. The van der Waals surface area contributed by atoms with Crippen molar-refractivity contribution in [1.29, 1.82) is 0 Å². The van der Waals surface area contributed by atoms with Crippen LogP contribution in [0.25, 0.3) is 0 Å². The number of imide groups is 1. The van der Waals surface area contributed by atoms with E-state index in [0.717, 1.165) is 6.42 Å². The Morgan fingerprint density at radius 2 is 1.63 bits per heavy atom. The second kappa shape index (κ2) is 5.61. The number of carbonyl (C=O) groups excluding carboxylic acids is 2. The minimum atomic E-state index is 0.0594. The maximum Gasteiger partial charge on any atom is 0.229 e. The average Bonchev–Trinajstić information content (AvgIpc) is 2.43. The normalized spacial score (nSPS) is 33.4. The molecule has 0 spiro atoms. The Morgan fingerprint density at radius 1 is 0.895 bits per heavy atom. The zero-order valence-electron chi connectivity index (χ0n) is 11.6. The molecular formula is C15H24N2O2. The zero-order chi connectivity index (χ0) is 13.2. The molecule has 3 heterocycles. The van der Waals surface area contributed by atoms with Gasteiger partial charge in [-0.3, -0.25) is 14.5 Å². The van der Waals surface area contributed by atoms with Crippen LogP contribution in [0.1, 0.15) is 51.4 Å². The van der Waals surface area contributed by atoms with Crippen LogP contribution >= 0.6 is 0 Å². The Morgan fingerprint density at radius 3 is 2.42 bits per heavy atom. The zero-order valence-corrected chi connectivity index (χ0v) is 11.6. The highest BCUT2D eigenvalue weighted by Crippen LogP contribution is 2.32. The van der Waals surface area contributed by atoms with Gasteiger partial charge in [-0.2, -0.15) is 0 Å². The molecule has 3 saturated heterocycles. The minimum Gasteiger partial charge on any atom is -0.300 e. The quantitative estimate of drug-likeness (QED) is 0.714. The van der Waals surface area contributed by atoms with E-state index in [0.29, 0.717) is 31.3 Å². The molecule has 3 aliphatic rings. The van der Waals surface area contributed by atoms with Gasteiger partial charge in [0.2, 0.25) is 11.8 Å². The van der Waals surface area contributed by atoms with Crippen LogP contribution in [0.15, 0.2) is 0 Å². The van der Waals surface area contributed by atoms with Gasteiger partial charge < -0.3 is 4.90 Å². The van der Waals surface area contributed by atoms with Crippen LogP contribution in [0.3, 0.4) is 0 Å². The first kappa shape index (κ1) is 13.1. The van der Waals surface area contributed by atoms with E-state index in [4.69, 9.17) is 0 Å². The number of fused-ring (bicyclic) bond motifs is 1. The molecule has 0 radical (unpaired) electrons. The van der Waals surface area contributed by atoms with E-state index in [1.807, 2.05) is 0 Å². The van der Waals surface area contributed by atoms with E-state index in [1.54, 1.807) is 4.90 Å². The van der Waals surface area contributed by atoms with E-state index >= 15 is 0 Å². The lowest BCUT2D eigenvalue weighted by Gasteiger charge is -2.45. The fourth-order valence-electron chi connectivity index (χ4n) is 4.03. The molecule has 0 aromatic carbocycles. The molecule has 19 heavy (non-hydrogen) atoms. The van der Waals surface area contributed by atoms with Crippen LogP contribution in [-0.2, 0) is 9.59 Å². The average molecular weight is 264 g/mol. The molecular weight excluding hydrogens is 240 g/mol. The summed E-state index contributed by atoms with van der Waals surface area (Å²) in [6, 6.07) is 0.616. The largest absolute Gasteiger partial charge is 0.300 e. The third-order valence-electron chi connectivity index (χ3n) is 5.03. The Kier molecular flexibility index (Phi) is 3.87. The number of rotatable bonds is 2. The molecule has 2 atom stereocenters. The number of hydrogen-bond donors (Lipinski definition) is 0. The molecule has 0 saturated carbocycles. The van der Waals surface area contributed by atoms with Gasteiger partial charge in [0.25, 0.3) is 0 Å². The Balaban J connectivity index is 1.67. The first-order valence-electron chi connectivity index (χ1n) is 7.83. The lowest BCUT2D eigenvalue weighted by molar-refractivity contribution is -0.149. The maximum atomic E-state index is 11.9. The van der Waals surface area contributed by atoms with Crippen molar-refractivity contribution in [3.63, 3.8) is 0 Å². The molecule has 0 aromatic rings. The van der Waals surface area contributed by atoms with Crippen molar-refractivity contribution < 1.29 is 9.59 Å². The number of hydrogen-bond acceptors (Lipinski definition) is 3. The predicted molar refractivity (Wildman–Crippen MR) is 72.5 cm³/mol. The summed E-state index contributed by atoms with van der Waals surface area (Å²) in [7, 11) is 0. The van der Waals surface area contributed by atoms with Crippen molar-refractivity contribution in [1.82, 2.24) is 9.80 Å². The van der Waals surface area contributed by atoms with E-state index < -0.39 is 0 Å². The standard InChI is InChI=1S/C15H24N2O2/c18-14-7-3-8-15(19)17(14)11-12-5-4-10-16-9-2-1-6-13(12)16/h12-13H,1-11H2/t12-,13+/m1/s1. The summed E-state index contributed by atoms with van der Waals surface area (Å²) in [5, 5.41) is 0. The summed E-state index contributed by atoms with van der Waals surface area (Å²) >= 11 is 0. The topological polar surface area (TPSA) is 40.6 Å². The van der Waals surface area contributed by atoms with E-state index in [2.05, 4.69) is 4.90 Å². The van der Waals surface area contributed by atoms with Gasteiger partial charge in [-0.15, -0.1) is 0 Å². The molecule has 106 valence electrons. The number of carbonyl (C=O) groups is 2. The highest BCUT2D eigenvalue weighted by Gasteiger charge is 2.36. The Bertz CT molecular complexity index is 351. The lowest BCUT2D eigenvalue weighted by Crippen LogP contribution is -2.53. The number of likely N-dealkylation sites (tertiary alicyclic amines) is 1. The molecule has 0 unspecified atom stereocenters. The van der Waals surface area contributed by atoms with Gasteiger partial charge in [0.05, 0.1) is 0 Å². The first-order valence-corrected chi connectivity index (χ1v) is 7.83. The maximum absolute atomic E-state index is 11.9. The van der Waals surface area contributed by atoms with Crippen LogP contribution in [0, 0.1) is 5.92 Å². The fraction of sp³-hybridized carbons (Fsp3) is 0.867. The van der Waals surface area contributed by atoms with Crippen molar-refractivity contribution in [3.05, 3.63) is 0 Å². The van der Waals surface area contributed by atoms with Crippen molar-refractivity contribution >= 4 is 11.8 Å². The van der Waals surface area contributed by atoms with Gasteiger partial charge in [0, 0.05) is 25.4 Å². The fourth-order valence-corrected chi connectivity index (χ4v) is 4.03. The third kappa shape index (κ3) is 2.69. The molecule has 3 rings (SSSR count). The summed E-state index contributed by atoms with van der Waals surface area (Å²) < 4.78 is 0. The molecule has 4 heteroatoms. The third-order valence-corrected chi connectivity index (χ3v) is 5.03. The Labute approximate surface area is 115 Å².